The van der Waals surface area contributed by atoms with Gasteiger partial charge in [-0.2, -0.15) is 0 Å². The number of aromatic nitrogens is 1. The first-order chi connectivity index (χ1) is 8.99. The summed E-state index contributed by atoms with van der Waals surface area (Å²) < 4.78 is 14.3. The highest BCUT2D eigenvalue weighted by atomic mass is 35.5. The van der Waals surface area contributed by atoms with Crippen LogP contribution >= 0.6 is 22.9 Å². The summed E-state index contributed by atoms with van der Waals surface area (Å²) in [6.07, 6.45) is 1.54. The Bertz CT molecular complexity index is 632. The van der Waals surface area contributed by atoms with E-state index in [0.717, 1.165) is 4.88 Å². The topological polar surface area (TPSA) is 68.1 Å². The number of benzene rings is 1. The zero-order valence-corrected chi connectivity index (χ0v) is 11.4. The molecular weight excluding hydrogens is 293 g/mol. The molecule has 0 spiro atoms. The van der Waals surface area contributed by atoms with Crippen LogP contribution < -0.4 is 5.32 Å². The summed E-state index contributed by atoms with van der Waals surface area (Å²) in [5, 5.41) is 13.6. The lowest BCUT2D eigenvalue weighted by molar-refractivity contribution is -0.384. The Morgan fingerprint density at radius 1 is 1.58 bits per heavy atom. The Morgan fingerprint density at radius 3 is 2.89 bits per heavy atom. The van der Waals surface area contributed by atoms with Crippen LogP contribution in [0.5, 0.6) is 0 Å². The van der Waals surface area contributed by atoms with Crippen LogP contribution in [0.2, 0.25) is 4.47 Å². The van der Waals surface area contributed by atoms with E-state index in [1.165, 1.54) is 23.5 Å². The molecule has 100 valence electrons. The smallest absolute Gasteiger partial charge is 0.295 e. The highest BCUT2D eigenvalue weighted by molar-refractivity contribution is 7.15. The number of hydrogen-bond acceptors (Lipinski definition) is 5. The van der Waals surface area contributed by atoms with Gasteiger partial charge in [0.15, 0.2) is 10.3 Å². The molecule has 1 heterocycles. The van der Waals surface area contributed by atoms with Crippen LogP contribution in [-0.4, -0.2) is 9.91 Å². The van der Waals surface area contributed by atoms with Gasteiger partial charge in [-0.25, -0.2) is 9.37 Å². The fourth-order valence-corrected chi connectivity index (χ4v) is 2.45. The van der Waals surface area contributed by atoms with Crippen molar-refractivity contribution in [2.45, 2.75) is 13.5 Å². The van der Waals surface area contributed by atoms with Gasteiger partial charge in [0.05, 0.1) is 11.5 Å². The normalized spacial score (nSPS) is 10.5. The summed E-state index contributed by atoms with van der Waals surface area (Å²) in [6, 6.07) is 2.66. The van der Waals surface area contributed by atoms with E-state index in [-0.39, 0.29) is 17.9 Å². The molecule has 0 amide bonds. The Kier molecular flexibility index (Phi) is 3.96. The minimum Gasteiger partial charge on any atom is -0.372 e. The Labute approximate surface area is 117 Å². The number of nitro groups is 1. The molecule has 19 heavy (non-hydrogen) atoms. The molecule has 0 aliphatic heterocycles. The number of nitrogens with one attached hydrogen (secondary N) is 1. The molecule has 1 N–H and O–H groups in total. The van der Waals surface area contributed by atoms with Crippen LogP contribution in [0.15, 0.2) is 18.3 Å². The maximum atomic E-state index is 13.9. The van der Waals surface area contributed by atoms with Crippen molar-refractivity contribution < 1.29 is 9.31 Å². The average molecular weight is 302 g/mol. The maximum absolute atomic E-state index is 13.9. The maximum Gasteiger partial charge on any atom is 0.295 e. The number of aryl methyl sites for hydroxylation is 1. The van der Waals surface area contributed by atoms with Gasteiger partial charge in [0, 0.05) is 17.1 Å². The van der Waals surface area contributed by atoms with Crippen molar-refractivity contribution >= 4 is 34.3 Å². The van der Waals surface area contributed by atoms with E-state index in [9.17, 15) is 14.5 Å². The van der Waals surface area contributed by atoms with E-state index < -0.39 is 10.7 Å². The Balaban J connectivity index is 2.28. The van der Waals surface area contributed by atoms with Gasteiger partial charge in [-0.05, 0) is 18.6 Å². The molecule has 8 heteroatoms. The lowest BCUT2D eigenvalue weighted by atomic mass is 10.1. The monoisotopic (exact) mass is 301 g/mol. The van der Waals surface area contributed by atoms with Gasteiger partial charge in [0.1, 0.15) is 5.69 Å². The van der Waals surface area contributed by atoms with Gasteiger partial charge in [0.25, 0.3) is 5.69 Å². The second kappa shape index (κ2) is 5.50. The van der Waals surface area contributed by atoms with Gasteiger partial charge in [-0.3, -0.25) is 10.1 Å². The summed E-state index contributed by atoms with van der Waals surface area (Å²) in [6.45, 7) is 1.78. The minimum atomic E-state index is -0.621. The first-order valence-corrected chi connectivity index (χ1v) is 6.46. The van der Waals surface area contributed by atoms with Crippen LogP contribution in [0.25, 0.3) is 0 Å². The van der Waals surface area contributed by atoms with E-state index in [2.05, 4.69) is 10.3 Å². The molecule has 5 nitrogen and oxygen atoms in total. The summed E-state index contributed by atoms with van der Waals surface area (Å²) in [4.78, 5) is 14.9. The van der Waals surface area contributed by atoms with Crippen LogP contribution in [-0.2, 0) is 6.54 Å². The molecule has 0 aliphatic rings. The zero-order valence-electron chi connectivity index (χ0n) is 9.81. The second-order valence-corrected chi connectivity index (χ2v) is 5.48. The molecule has 0 radical (unpaired) electrons. The molecule has 0 fully saturated rings. The summed E-state index contributed by atoms with van der Waals surface area (Å²) >= 11 is 6.91. The summed E-state index contributed by atoms with van der Waals surface area (Å²) in [5.41, 5.74) is -0.0660. The molecule has 0 atom stereocenters. The van der Waals surface area contributed by atoms with Crippen molar-refractivity contribution in [2.24, 2.45) is 0 Å². The number of thiazole rings is 1. The van der Waals surface area contributed by atoms with Gasteiger partial charge >= 0.3 is 0 Å². The van der Waals surface area contributed by atoms with Gasteiger partial charge < -0.3 is 5.32 Å². The molecule has 0 saturated heterocycles. The van der Waals surface area contributed by atoms with Gasteiger partial charge in [-0.15, -0.1) is 11.3 Å². The predicted octanol–water partition coefficient (Wildman–Crippen LogP) is 3.76. The molecule has 0 bridgehead atoms. The molecule has 1 aromatic heterocycles. The summed E-state index contributed by atoms with van der Waals surface area (Å²) in [5.74, 6) is -0.621. The number of nitrogens with zero attached hydrogens (tertiary/aromatic N) is 2. The summed E-state index contributed by atoms with van der Waals surface area (Å²) in [7, 11) is 0. The fourth-order valence-electron chi connectivity index (χ4n) is 1.53. The van der Waals surface area contributed by atoms with Crippen LogP contribution in [0.4, 0.5) is 15.8 Å². The van der Waals surface area contributed by atoms with Crippen molar-refractivity contribution in [1.82, 2.24) is 4.98 Å². The first-order valence-electron chi connectivity index (χ1n) is 5.26. The second-order valence-electron chi connectivity index (χ2n) is 3.78. The molecule has 1 aromatic carbocycles. The van der Waals surface area contributed by atoms with E-state index in [4.69, 9.17) is 11.6 Å². The lowest BCUT2D eigenvalue weighted by Gasteiger charge is -2.08. The number of anilines is 1. The van der Waals surface area contributed by atoms with Crippen LogP contribution in [0, 0.1) is 22.9 Å². The molecule has 2 aromatic rings. The van der Waals surface area contributed by atoms with Crippen molar-refractivity contribution in [3.8, 4) is 0 Å². The third-order valence-corrected chi connectivity index (χ3v) is 3.59. The molecule has 0 aliphatic carbocycles. The molecular formula is C11H9ClFN3O2S. The van der Waals surface area contributed by atoms with Crippen molar-refractivity contribution in [2.75, 3.05) is 5.32 Å². The van der Waals surface area contributed by atoms with E-state index in [1.54, 1.807) is 13.1 Å². The van der Waals surface area contributed by atoms with E-state index in [1.807, 2.05) is 0 Å². The quantitative estimate of drug-likeness (QED) is 0.689. The van der Waals surface area contributed by atoms with Gasteiger partial charge in [-0.1, -0.05) is 11.6 Å². The fraction of sp³-hybridized carbons (Fsp3) is 0.182. The predicted molar refractivity (Wildman–Crippen MR) is 72.2 cm³/mol. The van der Waals surface area contributed by atoms with E-state index in [0.29, 0.717) is 10.0 Å². The van der Waals surface area contributed by atoms with Crippen molar-refractivity contribution in [3.63, 3.8) is 0 Å². The minimum absolute atomic E-state index is 0.116. The Morgan fingerprint density at radius 2 is 2.32 bits per heavy atom. The molecule has 2 rings (SSSR count). The highest BCUT2D eigenvalue weighted by Gasteiger charge is 2.19. The number of halogens is 2. The van der Waals surface area contributed by atoms with Crippen LogP contribution in [0.1, 0.15) is 10.4 Å². The van der Waals surface area contributed by atoms with Crippen molar-refractivity contribution in [3.05, 3.63) is 49.2 Å². The SMILES string of the molecule is Cc1ccc([N+](=O)[O-])c(NCc2cnc(Cl)s2)c1F. The number of nitro benzene ring substituents is 1. The molecule has 0 saturated carbocycles. The number of hydrogen-bond donors (Lipinski definition) is 1. The van der Waals surface area contributed by atoms with Crippen molar-refractivity contribution in [1.29, 1.82) is 0 Å². The number of rotatable bonds is 4. The Hall–Kier alpha value is -1.73. The lowest BCUT2D eigenvalue weighted by Crippen LogP contribution is -2.05. The highest BCUT2D eigenvalue weighted by Crippen LogP contribution is 2.30. The largest absolute Gasteiger partial charge is 0.372 e. The third kappa shape index (κ3) is 2.99. The standard InChI is InChI=1S/C11H9ClFN3O2S/c1-6-2-3-8(16(17)18)10(9(6)13)14-4-7-5-15-11(12)19-7/h2-3,5,14H,4H2,1H3. The average Bonchev–Trinajstić information content (AvgIpc) is 2.76. The van der Waals surface area contributed by atoms with Gasteiger partial charge in [0.2, 0.25) is 0 Å². The third-order valence-electron chi connectivity index (χ3n) is 2.47. The van der Waals surface area contributed by atoms with Crippen LogP contribution in [0.3, 0.4) is 0 Å². The molecule has 0 unspecified atom stereocenters. The van der Waals surface area contributed by atoms with E-state index >= 15 is 0 Å². The zero-order chi connectivity index (χ0) is 14.0. The first kappa shape index (κ1) is 13.7.